The van der Waals surface area contributed by atoms with Gasteiger partial charge in [0.25, 0.3) is 0 Å². The lowest BCUT2D eigenvalue weighted by Crippen LogP contribution is -2.01. The van der Waals surface area contributed by atoms with Crippen LogP contribution < -0.4 is 24.8 Å². The molecule has 0 bridgehead atoms. The standard InChI is InChI=1S/C26H26N2O6/c1-29-21-8-3-18(4-9-21)15-31-25-12-7-20(24-14-23(17-33-27)34-28-24)13-26(25)32-16-19-5-10-22(30-2)11-6-19/h3-14H,15-17,27H2,1-2H3. The zero-order chi connectivity index (χ0) is 23.8. The lowest BCUT2D eigenvalue weighted by molar-refractivity contribution is 0.103. The minimum absolute atomic E-state index is 0.136. The molecule has 0 aliphatic heterocycles. The number of rotatable bonds is 11. The average molecular weight is 463 g/mol. The molecule has 2 N–H and O–H groups in total. The van der Waals surface area contributed by atoms with Gasteiger partial charge in [0.2, 0.25) is 0 Å². The fourth-order valence-electron chi connectivity index (χ4n) is 3.26. The molecule has 0 fully saturated rings. The summed E-state index contributed by atoms with van der Waals surface area (Å²) in [5.41, 5.74) is 3.46. The molecule has 0 saturated carbocycles. The Labute approximate surface area is 197 Å². The van der Waals surface area contributed by atoms with Gasteiger partial charge in [0.15, 0.2) is 17.3 Å². The maximum atomic E-state index is 6.15. The highest BCUT2D eigenvalue weighted by atomic mass is 16.6. The Morgan fingerprint density at radius 1 is 0.706 bits per heavy atom. The van der Waals surface area contributed by atoms with Gasteiger partial charge in [-0.1, -0.05) is 29.4 Å². The molecule has 0 radical (unpaired) electrons. The van der Waals surface area contributed by atoms with Crippen LogP contribution in [-0.2, 0) is 24.7 Å². The molecule has 1 heterocycles. The second-order valence-electron chi connectivity index (χ2n) is 7.42. The van der Waals surface area contributed by atoms with Crippen molar-refractivity contribution in [1.82, 2.24) is 5.16 Å². The van der Waals surface area contributed by atoms with Crippen LogP contribution in [0, 0.1) is 0 Å². The van der Waals surface area contributed by atoms with Gasteiger partial charge in [-0.25, -0.2) is 5.90 Å². The zero-order valence-electron chi connectivity index (χ0n) is 19.0. The van der Waals surface area contributed by atoms with Crippen LogP contribution in [0.3, 0.4) is 0 Å². The van der Waals surface area contributed by atoms with E-state index in [4.69, 9.17) is 29.4 Å². The third-order valence-corrected chi connectivity index (χ3v) is 5.13. The molecule has 0 saturated heterocycles. The highest BCUT2D eigenvalue weighted by Gasteiger charge is 2.13. The number of nitrogens with two attached hydrogens (primary N) is 1. The molecule has 0 unspecified atom stereocenters. The van der Waals surface area contributed by atoms with E-state index in [-0.39, 0.29) is 6.61 Å². The van der Waals surface area contributed by atoms with Gasteiger partial charge in [0.05, 0.1) is 14.2 Å². The topological polar surface area (TPSA) is 98.2 Å². The molecule has 4 rings (SSSR count). The van der Waals surface area contributed by atoms with Gasteiger partial charge < -0.3 is 23.5 Å². The summed E-state index contributed by atoms with van der Waals surface area (Å²) in [5, 5.41) is 4.09. The highest BCUT2D eigenvalue weighted by Crippen LogP contribution is 2.34. The van der Waals surface area contributed by atoms with Gasteiger partial charge in [0.1, 0.15) is 37.0 Å². The molecule has 0 aliphatic carbocycles. The Morgan fingerprint density at radius 2 is 1.29 bits per heavy atom. The SMILES string of the molecule is COc1ccc(COc2ccc(-c3cc(CON)on3)cc2OCc2ccc(OC)cc2)cc1. The summed E-state index contributed by atoms with van der Waals surface area (Å²) in [4.78, 5) is 4.62. The van der Waals surface area contributed by atoms with E-state index in [0.29, 0.717) is 36.2 Å². The van der Waals surface area contributed by atoms with Crippen LogP contribution in [0.1, 0.15) is 16.9 Å². The number of nitrogens with zero attached hydrogens (tertiary/aromatic N) is 1. The Bertz CT molecular complexity index is 1190. The minimum Gasteiger partial charge on any atom is -0.497 e. The predicted octanol–water partition coefficient (Wildman–Crippen LogP) is 4.91. The van der Waals surface area contributed by atoms with Crippen molar-refractivity contribution in [2.75, 3.05) is 14.2 Å². The Balaban J connectivity index is 1.54. The second kappa shape index (κ2) is 11.2. The molecular weight excluding hydrogens is 436 g/mol. The van der Waals surface area contributed by atoms with Crippen LogP contribution >= 0.6 is 0 Å². The van der Waals surface area contributed by atoms with Crippen molar-refractivity contribution in [3.05, 3.63) is 89.7 Å². The lowest BCUT2D eigenvalue weighted by atomic mass is 10.1. The fourth-order valence-corrected chi connectivity index (χ4v) is 3.26. The van der Waals surface area contributed by atoms with Crippen LogP contribution in [0.5, 0.6) is 23.0 Å². The summed E-state index contributed by atoms with van der Waals surface area (Å²) in [6.45, 7) is 0.874. The normalized spacial score (nSPS) is 10.7. The average Bonchev–Trinajstić information content (AvgIpc) is 3.36. The van der Waals surface area contributed by atoms with E-state index >= 15 is 0 Å². The number of benzene rings is 3. The maximum Gasteiger partial charge on any atom is 0.165 e. The number of hydrogen-bond donors (Lipinski definition) is 1. The van der Waals surface area contributed by atoms with Crippen molar-refractivity contribution in [1.29, 1.82) is 0 Å². The summed E-state index contributed by atoms with van der Waals surface area (Å²) >= 11 is 0. The molecule has 0 atom stereocenters. The van der Waals surface area contributed by atoms with Gasteiger partial charge in [-0.15, -0.1) is 0 Å². The van der Waals surface area contributed by atoms with Crippen LogP contribution in [0.15, 0.2) is 77.3 Å². The van der Waals surface area contributed by atoms with Crippen molar-refractivity contribution >= 4 is 0 Å². The highest BCUT2D eigenvalue weighted by molar-refractivity contribution is 5.64. The molecule has 8 heteroatoms. The van der Waals surface area contributed by atoms with Gasteiger partial charge >= 0.3 is 0 Å². The smallest absolute Gasteiger partial charge is 0.165 e. The summed E-state index contributed by atoms with van der Waals surface area (Å²) in [7, 11) is 3.28. The van der Waals surface area contributed by atoms with E-state index in [1.165, 1.54) is 0 Å². The molecule has 176 valence electrons. The lowest BCUT2D eigenvalue weighted by Gasteiger charge is -2.14. The Kier molecular flexibility index (Phi) is 7.64. The minimum atomic E-state index is 0.136. The molecule has 8 nitrogen and oxygen atoms in total. The van der Waals surface area contributed by atoms with Crippen molar-refractivity contribution in [2.24, 2.45) is 5.90 Å². The molecular formula is C26H26N2O6. The van der Waals surface area contributed by atoms with Crippen molar-refractivity contribution in [3.63, 3.8) is 0 Å². The van der Waals surface area contributed by atoms with E-state index in [9.17, 15) is 0 Å². The molecule has 0 spiro atoms. The van der Waals surface area contributed by atoms with Crippen molar-refractivity contribution in [2.45, 2.75) is 19.8 Å². The van der Waals surface area contributed by atoms with E-state index in [2.05, 4.69) is 9.99 Å². The van der Waals surface area contributed by atoms with Gasteiger partial charge in [-0.05, 0) is 53.6 Å². The van der Waals surface area contributed by atoms with Gasteiger partial charge in [0, 0.05) is 11.6 Å². The van der Waals surface area contributed by atoms with E-state index < -0.39 is 0 Å². The Hall–Kier alpha value is -4.01. The largest absolute Gasteiger partial charge is 0.497 e. The quantitative estimate of drug-likeness (QED) is 0.314. The molecule has 1 aromatic heterocycles. The first-order valence-corrected chi connectivity index (χ1v) is 10.6. The molecule has 34 heavy (non-hydrogen) atoms. The second-order valence-corrected chi connectivity index (χ2v) is 7.42. The first kappa shape index (κ1) is 23.2. The first-order valence-electron chi connectivity index (χ1n) is 10.6. The monoisotopic (exact) mass is 462 g/mol. The molecule has 0 aliphatic rings. The van der Waals surface area contributed by atoms with Crippen LogP contribution in [0.2, 0.25) is 0 Å². The maximum absolute atomic E-state index is 6.15. The number of methoxy groups -OCH3 is 2. The fraction of sp³-hybridized carbons (Fsp3) is 0.192. The third-order valence-electron chi connectivity index (χ3n) is 5.13. The third kappa shape index (κ3) is 5.86. The van der Waals surface area contributed by atoms with Crippen molar-refractivity contribution in [3.8, 4) is 34.3 Å². The van der Waals surface area contributed by atoms with Crippen molar-refractivity contribution < 1.29 is 28.3 Å². The number of aromatic nitrogens is 1. The molecule has 4 aromatic rings. The van der Waals surface area contributed by atoms with E-state index in [0.717, 1.165) is 28.2 Å². The summed E-state index contributed by atoms with van der Waals surface area (Å²) in [6, 6.07) is 22.8. The summed E-state index contributed by atoms with van der Waals surface area (Å²) in [5.74, 6) is 8.43. The predicted molar refractivity (Wildman–Crippen MR) is 126 cm³/mol. The first-order chi connectivity index (χ1) is 16.7. The van der Waals surface area contributed by atoms with Crippen LogP contribution in [-0.4, -0.2) is 19.4 Å². The van der Waals surface area contributed by atoms with Gasteiger partial charge in [-0.3, -0.25) is 4.84 Å². The molecule has 3 aromatic carbocycles. The van der Waals surface area contributed by atoms with E-state index in [1.807, 2.05) is 66.7 Å². The summed E-state index contributed by atoms with van der Waals surface area (Å²) < 4.78 is 27.9. The van der Waals surface area contributed by atoms with Crippen LogP contribution in [0.25, 0.3) is 11.3 Å². The Morgan fingerprint density at radius 3 is 1.85 bits per heavy atom. The van der Waals surface area contributed by atoms with Gasteiger partial charge in [-0.2, -0.15) is 0 Å². The number of hydrogen-bond acceptors (Lipinski definition) is 8. The zero-order valence-corrected chi connectivity index (χ0v) is 19.0. The van der Waals surface area contributed by atoms with E-state index in [1.54, 1.807) is 20.3 Å². The molecule has 0 amide bonds. The number of ether oxygens (including phenoxy) is 4. The summed E-state index contributed by atoms with van der Waals surface area (Å²) in [6.07, 6.45) is 0. The van der Waals surface area contributed by atoms with Crippen LogP contribution in [0.4, 0.5) is 0 Å².